The first-order chi connectivity index (χ1) is 34.4. The zero-order valence-corrected chi connectivity index (χ0v) is 44.7. The lowest BCUT2D eigenvalue weighted by Crippen LogP contribution is -2.25. The molecular formula is C59H56BrCl5N5O2P. The third-order valence-electron chi connectivity index (χ3n) is 12.7. The van der Waals surface area contributed by atoms with Crippen LogP contribution in [0.2, 0.25) is 10.3 Å². The fraction of sp³-hybridized carbons (Fsp3) is 0.237. The number of aromatic nitrogens is 5. The second-order valence-electron chi connectivity index (χ2n) is 18.0. The summed E-state index contributed by atoms with van der Waals surface area (Å²) < 4.78 is 11.5. The van der Waals surface area contributed by atoms with Gasteiger partial charge in [-0.25, -0.2) is 9.97 Å². The second kappa shape index (κ2) is 25.6. The lowest BCUT2D eigenvalue weighted by atomic mass is 10.0. The van der Waals surface area contributed by atoms with E-state index in [1.165, 1.54) is 111 Å². The molecule has 5 aromatic heterocycles. The van der Waals surface area contributed by atoms with Crippen molar-refractivity contribution >= 4 is 132 Å². The van der Waals surface area contributed by atoms with E-state index in [-0.39, 0.29) is 14.9 Å². The van der Waals surface area contributed by atoms with Crippen LogP contribution in [-0.2, 0) is 4.57 Å². The fourth-order valence-electron chi connectivity index (χ4n) is 8.71. The number of pyridine rings is 5. The Morgan fingerprint density at radius 3 is 1.21 bits per heavy atom. The van der Waals surface area contributed by atoms with Crippen LogP contribution in [0.15, 0.2) is 175 Å². The lowest BCUT2D eigenvalue weighted by molar-refractivity contribution is -0.604. The molecule has 7 nitrogen and oxygen atoms in total. The average molecular weight is 1160 g/mol. The van der Waals surface area contributed by atoms with E-state index < -0.39 is 5.20 Å². The maximum Gasteiger partial charge on any atom is 0.339 e. The van der Waals surface area contributed by atoms with Crippen LogP contribution in [0.25, 0.3) is 53.9 Å². The predicted molar refractivity (Wildman–Crippen MR) is 314 cm³/mol. The predicted octanol–water partition coefficient (Wildman–Crippen LogP) is 20.1. The van der Waals surface area contributed by atoms with Crippen molar-refractivity contribution in [2.24, 2.45) is 0 Å². The monoisotopic (exact) mass is 1150 g/mol. The van der Waals surface area contributed by atoms with Crippen LogP contribution in [0, 0.1) is 5.21 Å². The van der Waals surface area contributed by atoms with E-state index in [2.05, 4.69) is 130 Å². The molecule has 0 spiro atoms. The van der Waals surface area contributed by atoms with Crippen LogP contribution in [0.1, 0.15) is 112 Å². The molecule has 4 aliphatic rings. The quantitative estimate of drug-likeness (QED) is 0.0754. The van der Waals surface area contributed by atoms with Crippen LogP contribution in [0.4, 0.5) is 0 Å². The largest absolute Gasteiger partial charge is 0.619 e. The maximum absolute atomic E-state index is 11.4. The van der Waals surface area contributed by atoms with E-state index in [9.17, 15) is 9.77 Å². The molecule has 0 amide bonds. The topological polar surface area (TPSA) is 95.6 Å². The molecule has 0 radical (unpaired) electrons. The Hall–Kier alpha value is -4.89. The highest BCUT2D eigenvalue weighted by molar-refractivity contribution is 9.10. The Labute approximate surface area is 460 Å². The van der Waals surface area contributed by atoms with Gasteiger partial charge < -0.3 is 5.21 Å². The standard InChI is InChI=1S/2C12H10ClN.C12H11NO.C12H11N.C9H6BrN.2CH4.Cl3OP/c2*13-12-10-4-2-1-3-9(10)11(7-14-12)8-5-6-8;14-13-7-10-3-1-2-4-11(10)12(8-13)9-5-6-9;1-2-4-11-10(3-1)7-13-8-12(11)9-5-6-9;10-9-6-11-5-7-3-1-2-4-8(7)9;;;1-5(2,3)4/h2*1-4,7-8H,5-6H2;1-4,7-9H,5-6H2;1-4,7-9H,5-6H2;1-6H;2*1H4;. The maximum atomic E-state index is 11.4. The van der Waals surface area contributed by atoms with Gasteiger partial charge in [-0.15, -0.1) is 0 Å². The van der Waals surface area contributed by atoms with Crippen molar-refractivity contribution in [3.05, 3.63) is 213 Å². The highest BCUT2D eigenvalue weighted by Gasteiger charge is 2.29. The summed E-state index contributed by atoms with van der Waals surface area (Å²) in [7, 11) is 0. The summed E-state index contributed by atoms with van der Waals surface area (Å²) in [4.78, 5) is 16.8. The molecule has 0 N–H and O–H groups in total. The van der Waals surface area contributed by atoms with Crippen LogP contribution in [0.5, 0.6) is 0 Å². The molecule has 14 heteroatoms. The SMILES string of the molecule is Brc1cncc2ccccc12.C.C.Clc1ncc(C2CC2)c2ccccc12.Clc1ncc(C2CC2)c2ccccc12.O=P(Cl)(Cl)Cl.[O-][n+]1cc(C2CC2)c2ccccc2c1.c1ccc2c(C3CC3)cncc2c1. The number of hydrogen-bond donors (Lipinski definition) is 0. The van der Waals surface area contributed by atoms with Crippen LogP contribution in [-0.4, -0.2) is 19.9 Å². The summed E-state index contributed by atoms with van der Waals surface area (Å²) in [5.74, 6) is 2.87. The highest BCUT2D eigenvalue weighted by atomic mass is 79.9. The Kier molecular flexibility index (Phi) is 19.6. The van der Waals surface area contributed by atoms with Crippen LogP contribution < -0.4 is 4.73 Å². The van der Waals surface area contributed by atoms with Gasteiger partial charge in [0, 0.05) is 74.1 Å². The molecule has 4 fully saturated rings. The van der Waals surface area contributed by atoms with Crippen LogP contribution >= 0.6 is 78.1 Å². The van der Waals surface area contributed by atoms with E-state index in [1.54, 1.807) is 12.4 Å². The van der Waals surface area contributed by atoms with Gasteiger partial charge in [-0.05, 0) is 174 Å². The molecular weight excluding hydrogens is 1100 g/mol. The molecule has 0 saturated heterocycles. The summed E-state index contributed by atoms with van der Waals surface area (Å²) >= 11 is 29.4. The number of hydrogen-bond acceptors (Lipinski definition) is 6. The first-order valence-electron chi connectivity index (χ1n) is 23.6. The summed E-state index contributed by atoms with van der Waals surface area (Å²) in [5.41, 5.74) is 5.39. The Morgan fingerprint density at radius 2 is 0.767 bits per heavy atom. The molecule has 10 aromatic rings. The molecule has 5 heterocycles. The van der Waals surface area contributed by atoms with Crippen molar-refractivity contribution in [1.29, 1.82) is 0 Å². The van der Waals surface area contributed by atoms with Gasteiger partial charge in [-0.1, -0.05) is 153 Å². The molecule has 376 valence electrons. The lowest BCUT2D eigenvalue weighted by Gasteiger charge is -2.05. The molecule has 0 unspecified atom stereocenters. The van der Waals surface area contributed by atoms with Gasteiger partial charge in [0.05, 0.1) is 0 Å². The third kappa shape index (κ3) is 15.4. The fourth-order valence-corrected chi connectivity index (χ4v) is 9.62. The van der Waals surface area contributed by atoms with Gasteiger partial charge >= 0.3 is 5.20 Å². The van der Waals surface area contributed by atoms with Gasteiger partial charge in [-0.3, -0.25) is 14.5 Å². The van der Waals surface area contributed by atoms with E-state index in [1.807, 2.05) is 97.8 Å². The molecule has 73 heavy (non-hydrogen) atoms. The van der Waals surface area contributed by atoms with Gasteiger partial charge in [0.1, 0.15) is 10.3 Å². The molecule has 0 atom stereocenters. The first-order valence-corrected chi connectivity index (χ1v) is 29.5. The van der Waals surface area contributed by atoms with Gasteiger partial charge in [0.2, 0.25) is 0 Å². The summed E-state index contributed by atoms with van der Waals surface area (Å²) in [6.45, 7) is 0. The van der Waals surface area contributed by atoms with Gasteiger partial charge in [0.25, 0.3) is 0 Å². The second-order valence-corrected chi connectivity index (χ2v) is 26.3. The summed E-state index contributed by atoms with van der Waals surface area (Å²) in [6.07, 6.45) is 25.2. The van der Waals surface area contributed by atoms with E-state index >= 15 is 0 Å². The normalized spacial score (nSPS) is 14.5. The van der Waals surface area contributed by atoms with E-state index in [0.29, 0.717) is 16.2 Å². The minimum Gasteiger partial charge on any atom is -0.619 e. The van der Waals surface area contributed by atoms with Gasteiger partial charge in [0.15, 0.2) is 12.4 Å². The average Bonchev–Trinajstić information content (AvgIpc) is 4.16. The molecule has 4 saturated carbocycles. The van der Waals surface area contributed by atoms with Crippen molar-refractivity contribution < 1.29 is 9.30 Å². The number of fused-ring (bicyclic) bond motifs is 5. The van der Waals surface area contributed by atoms with Crippen molar-refractivity contribution in [3.63, 3.8) is 0 Å². The van der Waals surface area contributed by atoms with E-state index in [4.69, 9.17) is 23.2 Å². The number of nitrogens with zero attached hydrogens (tertiary/aromatic N) is 5. The molecule has 14 rings (SSSR count). The minimum atomic E-state index is -3.22. The smallest absolute Gasteiger partial charge is 0.339 e. The molecule has 0 bridgehead atoms. The Bertz CT molecular complexity index is 3420. The minimum absolute atomic E-state index is 0. The Balaban J connectivity index is 0.000000130. The summed E-state index contributed by atoms with van der Waals surface area (Å²) in [6, 6.07) is 41.2. The summed E-state index contributed by atoms with van der Waals surface area (Å²) in [5, 5.41) is 21.4. The highest BCUT2D eigenvalue weighted by Crippen LogP contribution is 2.61. The first kappa shape index (κ1) is 55.9. The van der Waals surface area contributed by atoms with Crippen molar-refractivity contribution in [2.45, 2.75) is 89.9 Å². The third-order valence-corrected chi connectivity index (χ3v) is 14.0. The molecule has 4 aliphatic carbocycles. The van der Waals surface area contributed by atoms with Crippen molar-refractivity contribution in [3.8, 4) is 0 Å². The zero-order valence-electron chi connectivity index (χ0n) is 38.4. The zero-order chi connectivity index (χ0) is 49.5. The van der Waals surface area contributed by atoms with Crippen LogP contribution in [0.3, 0.4) is 0 Å². The Morgan fingerprint density at radius 1 is 0.438 bits per heavy atom. The molecule has 0 aliphatic heterocycles. The number of benzene rings is 5. The van der Waals surface area contributed by atoms with E-state index in [0.717, 1.165) is 43.1 Å². The number of rotatable bonds is 4. The number of halogens is 6. The van der Waals surface area contributed by atoms with Crippen molar-refractivity contribution in [1.82, 2.24) is 19.9 Å². The van der Waals surface area contributed by atoms with Crippen molar-refractivity contribution in [2.75, 3.05) is 0 Å². The van der Waals surface area contributed by atoms with Gasteiger partial charge in [-0.2, -0.15) is 4.73 Å². The molecule has 5 aromatic carbocycles.